The first-order valence-electron chi connectivity index (χ1n) is 11.9. The maximum absolute atomic E-state index is 13.5. The first-order valence-corrected chi connectivity index (χ1v) is 13.7. The maximum Gasteiger partial charge on any atom is 0.244 e. The van der Waals surface area contributed by atoms with Crippen LogP contribution in [-0.4, -0.2) is 57.6 Å². The zero-order valence-corrected chi connectivity index (χ0v) is 22.1. The number of carbonyl (C=O) groups excluding carboxylic acids is 2. The van der Waals surface area contributed by atoms with Crippen molar-refractivity contribution in [2.75, 3.05) is 30.8 Å². The number of carbonyl (C=O) groups is 2. The van der Waals surface area contributed by atoms with E-state index in [1.807, 2.05) is 32.0 Å². The molecule has 0 aromatic heterocycles. The number of sulfonamides is 1. The Balaban J connectivity index is 2.35. The average molecular weight is 504 g/mol. The van der Waals surface area contributed by atoms with Crippen LogP contribution in [0.4, 0.5) is 5.69 Å². The Kier molecular flexibility index (Phi) is 10.6. The number of unbranched alkanes of at least 4 members (excludes halogenated alkanes) is 1. The number of amides is 2. The molecule has 8 nitrogen and oxygen atoms in total. The van der Waals surface area contributed by atoms with Crippen LogP contribution >= 0.6 is 0 Å². The van der Waals surface area contributed by atoms with Crippen LogP contribution < -0.4 is 14.4 Å². The van der Waals surface area contributed by atoms with Gasteiger partial charge < -0.3 is 15.0 Å². The summed E-state index contributed by atoms with van der Waals surface area (Å²) in [5, 5.41) is 2.87. The van der Waals surface area contributed by atoms with Gasteiger partial charge in [-0.15, -0.1) is 0 Å². The van der Waals surface area contributed by atoms with Gasteiger partial charge in [0.1, 0.15) is 18.3 Å². The molecule has 9 heteroatoms. The van der Waals surface area contributed by atoms with E-state index in [4.69, 9.17) is 4.74 Å². The van der Waals surface area contributed by atoms with Gasteiger partial charge in [0.25, 0.3) is 0 Å². The molecule has 0 saturated heterocycles. The molecule has 192 valence electrons. The third-order valence-corrected chi connectivity index (χ3v) is 6.94. The summed E-state index contributed by atoms with van der Waals surface area (Å²) >= 11 is 0. The molecular weight excluding hydrogens is 466 g/mol. The molecule has 0 spiro atoms. The number of ether oxygens (including phenoxy) is 1. The number of methoxy groups -OCH3 is 1. The summed E-state index contributed by atoms with van der Waals surface area (Å²) < 4.78 is 31.6. The minimum atomic E-state index is -3.75. The van der Waals surface area contributed by atoms with Crippen molar-refractivity contribution in [1.82, 2.24) is 10.2 Å². The van der Waals surface area contributed by atoms with Gasteiger partial charge in [-0.25, -0.2) is 8.42 Å². The molecule has 2 rings (SSSR count). The fourth-order valence-electron chi connectivity index (χ4n) is 3.60. The smallest absolute Gasteiger partial charge is 0.244 e. The van der Waals surface area contributed by atoms with E-state index in [0.29, 0.717) is 18.0 Å². The van der Waals surface area contributed by atoms with E-state index in [2.05, 4.69) is 5.32 Å². The van der Waals surface area contributed by atoms with Crippen LogP contribution in [0.2, 0.25) is 0 Å². The fraction of sp³-hybridized carbons (Fsp3) is 0.462. The summed E-state index contributed by atoms with van der Waals surface area (Å²) in [4.78, 5) is 27.8. The predicted octanol–water partition coefficient (Wildman–Crippen LogP) is 3.36. The van der Waals surface area contributed by atoms with Crippen molar-refractivity contribution in [1.29, 1.82) is 0 Å². The second-order valence-electron chi connectivity index (χ2n) is 8.48. The number of hydrogen-bond acceptors (Lipinski definition) is 5. The molecule has 2 aromatic carbocycles. The highest BCUT2D eigenvalue weighted by Crippen LogP contribution is 2.21. The number of nitrogens with zero attached hydrogens (tertiary/aromatic N) is 2. The fourth-order valence-corrected chi connectivity index (χ4v) is 4.45. The Morgan fingerprint density at radius 2 is 1.74 bits per heavy atom. The molecule has 0 radical (unpaired) electrons. The highest BCUT2D eigenvalue weighted by Gasteiger charge is 2.30. The Morgan fingerprint density at radius 3 is 2.31 bits per heavy atom. The van der Waals surface area contributed by atoms with Gasteiger partial charge in [-0.3, -0.25) is 13.9 Å². The normalized spacial score (nSPS) is 12.0. The summed E-state index contributed by atoms with van der Waals surface area (Å²) in [7, 11) is -2.19. The van der Waals surface area contributed by atoms with Crippen LogP contribution in [0.15, 0.2) is 48.5 Å². The van der Waals surface area contributed by atoms with Gasteiger partial charge in [-0.05, 0) is 55.2 Å². The van der Waals surface area contributed by atoms with Crippen LogP contribution in [-0.2, 0) is 32.6 Å². The first-order chi connectivity index (χ1) is 16.6. The average Bonchev–Trinajstić information content (AvgIpc) is 2.84. The van der Waals surface area contributed by atoms with E-state index in [1.165, 1.54) is 4.90 Å². The van der Waals surface area contributed by atoms with Crippen molar-refractivity contribution in [3.05, 3.63) is 59.7 Å². The lowest BCUT2D eigenvalue weighted by molar-refractivity contribution is -0.139. The summed E-state index contributed by atoms with van der Waals surface area (Å²) in [5.74, 6) is -0.132. The van der Waals surface area contributed by atoms with E-state index in [0.717, 1.165) is 41.0 Å². The second kappa shape index (κ2) is 13.1. The number of hydrogen-bond donors (Lipinski definition) is 1. The summed E-state index contributed by atoms with van der Waals surface area (Å²) in [6.45, 7) is 5.92. The zero-order valence-electron chi connectivity index (χ0n) is 21.3. The van der Waals surface area contributed by atoms with Gasteiger partial charge in [0.2, 0.25) is 21.8 Å². The van der Waals surface area contributed by atoms with Gasteiger partial charge in [0, 0.05) is 13.1 Å². The van der Waals surface area contributed by atoms with Crippen molar-refractivity contribution in [2.24, 2.45) is 0 Å². The van der Waals surface area contributed by atoms with Crippen molar-refractivity contribution < 1.29 is 22.7 Å². The summed E-state index contributed by atoms with van der Waals surface area (Å²) in [6, 6.07) is 13.5. The molecule has 1 atom stereocenters. The van der Waals surface area contributed by atoms with Crippen molar-refractivity contribution in [3.63, 3.8) is 0 Å². The van der Waals surface area contributed by atoms with E-state index in [1.54, 1.807) is 44.4 Å². The van der Waals surface area contributed by atoms with Crippen LogP contribution in [0.1, 0.15) is 44.7 Å². The molecule has 1 unspecified atom stereocenters. The number of anilines is 1. The highest BCUT2D eigenvalue weighted by molar-refractivity contribution is 7.92. The third kappa shape index (κ3) is 8.28. The number of rotatable bonds is 13. The van der Waals surface area contributed by atoms with Gasteiger partial charge in [-0.2, -0.15) is 0 Å². The minimum absolute atomic E-state index is 0.130. The molecule has 0 aliphatic carbocycles. The Labute approximate surface area is 209 Å². The van der Waals surface area contributed by atoms with Gasteiger partial charge >= 0.3 is 0 Å². The molecule has 2 aromatic rings. The Morgan fingerprint density at radius 1 is 1.06 bits per heavy atom. The SMILES string of the molecule is CCCCNC(=O)C(C)N(Cc1cccc(OC)c1)C(=O)CN(c1ccc(CC)cc1)S(C)(=O)=O. The third-order valence-electron chi connectivity index (χ3n) is 5.80. The zero-order chi connectivity index (χ0) is 26.0. The molecule has 0 bridgehead atoms. The van der Waals surface area contributed by atoms with E-state index < -0.39 is 28.5 Å². The quantitative estimate of drug-likeness (QED) is 0.423. The molecule has 0 heterocycles. The lowest BCUT2D eigenvalue weighted by atomic mass is 10.1. The topological polar surface area (TPSA) is 96.0 Å². The highest BCUT2D eigenvalue weighted by atomic mass is 32.2. The van der Waals surface area contributed by atoms with E-state index >= 15 is 0 Å². The summed E-state index contributed by atoms with van der Waals surface area (Å²) in [5.41, 5.74) is 2.23. The lowest BCUT2D eigenvalue weighted by Gasteiger charge is -2.31. The minimum Gasteiger partial charge on any atom is -0.497 e. The van der Waals surface area contributed by atoms with Crippen LogP contribution in [0, 0.1) is 0 Å². The maximum atomic E-state index is 13.5. The van der Waals surface area contributed by atoms with Crippen LogP contribution in [0.5, 0.6) is 5.75 Å². The van der Waals surface area contributed by atoms with Gasteiger partial charge in [0.05, 0.1) is 19.1 Å². The molecule has 0 saturated carbocycles. The first kappa shape index (κ1) is 28.2. The molecule has 2 amide bonds. The van der Waals surface area contributed by atoms with Crippen molar-refractivity contribution in [3.8, 4) is 5.75 Å². The Hall–Kier alpha value is -3.07. The number of nitrogens with one attached hydrogen (secondary N) is 1. The summed E-state index contributed by atoms with van der Waals surface area (Å²) in [6.07, 6.45) is 3.65. The second-order valence-corrected chi connectivity index (χ2v) is 10.4. The molecule has 0 aliphatic rings. The lowest BCUT2D eigenvalue weighted by Crippen LogP contribution is -2.51. The number of benzene rings is 2. The van der Waals surface area contributed by atoms with Crippen LogP contribution in [0.25, 0.3) is 0 Å². The monoisotopic (exact) mass is 503 g/mol. The molecule has 0 fully saturated rings. The largest absolute Gasteiger partial charge is 0.497 e. The van der Waals surface area contributed by atoms with Crippen molar-refractivity contribution >= 4 is 27.5 Å². The van der Waals surface area contributed by atoms with E-state index in [9.17, 15) is 18.0 Å². The van der Waals surface area contributed by atoms with E-state index in [-0.39, 0.29) is 12.5 Å². The number of aryl methyl sites for hydroxylation is 1. The molecule has 35 heavy (non-hydrogen) atoms. The Bertz CT molecular complexity index is 1090. The van der Waals surface area contributed by atoms with Crippen molar-refractivity contribution in [2.45, 2.75) is 52.6 Å². The van der Waals surface area contributed by atoms with Gasteiger partial charge in [-0.1, -0.05) is 44.5 Å². The predicted molar refractivity (Wildman–Crippen MR) is 139 cm³/mol. The van der Waals surface area contributed by atoms with Gasteiger partial charge in [0.15, 0.2) is 0 Å². The van der Waals surface area contributed by atoms with Crippen LogP contribution in [0.3, 0.4) is 0 Å². The molecule has 0 aliphatic heterocycles. The molecular formula is C26H37N3O5S. The molecule has 1 N–H and O–H groups in total. The standard InChI is InChI=1S/C26H37N3O5S/c1-6-8-16-27-26(31)20(3)28(18-22-10-9-11-24(17-22)34-4)25(30)19-29(35(5,32)33)23-14-12-21(7-2)13-15-23/h9-15,17,20H,6-8,16,18-19H2,1-5H3,(H,27,31).